The van der Waals surface area contributed by atoms with Crippen LogP contribution in [0.25, 0.3) is 0 Å². The van der Waals surface area contributed by atoms with Gasteiger partial charge in [-0.2, -0.15) is 0 Å². The standard InChI is InChI=1S/C11H7BrCl2N2O/c12-7-1-2-9(14)10(3-7)17-11-6-15-8(4-13)5-16-11/h1-3,5-6H,4H2. The molecule has 1 aromatic heterocycles. The van der Waals surface area contributed by atoms with Crippen LogP contribution < -0.4 is 4.74 Å². The second-order valence-corrected chi connectivity index (χ2v) is 4.75. The highest BCUT2D eigenvalue weighted by Gasteiger charge is 2.05. The van der Waals surface area contributed by atoms with Crippen LogP contribution in [0.3, 0.4) is 0 Å². The number of benzene rings is 1. The molecule has 0 aliphatic carbocycles. The van der Waals surface area contributed by atoms with E-state index in [1.165, 1.54) is 6.20 Å². The Morgan fingerprint density at radius 3 is 2.71 bits per heavy atom. The van der Waals surface area contributed by atoms with Crippen LogP contribution >= 0.6 is 39.1 Å². The minimum atomic E-state index is 0.324. The number of halogens is 3. The fourth-order valence-electron chi connectivity index (χ4n) is 1.13. The van der Waals surface area contributed by atoms with Crippen molar-refractivity contribution in [3.8, 4) is 11.6 Å². The Morgan fingerprint density at radius 1 is 1.24 bits per heavy atom. The van der Waals surface area contributed by atoms with E-state index in [0.29, 0.717) is 28.2 Å². The zero-order valence-electron chi connectivity index (χ0n) is 8.53. The van der Waals surface area contributed by atoms with Gasteiger partial charge < -0.3 is 4.74 Å². The zero-order valence-corrected chi connectivity index (χ0v) is 11.6. The Kier molecular flexibility index (Phi) is 4.20. The lowest BCUT2D eigenvalue weighted by Crippen LogP contribution is -1.92. The van der Waals surface area contributed by atoms with Crippen molar-refractivity contribution in [3.63, 3.8) is 0 Å². The van der Waals surface area contributed by atoms with Gasteiger partial charge in [0.2, 0.25) is 5.88 Å². The predicted molar refractivity (Wildman–Crippen MR) is 70.8 cm³/mol. The smallest absolute Gasteiger partial charge is 0.237 e. The first-order valence-electron chi connectivity index (χ1n) is 4.69. The molecule has 6 heteroatoms. The Bertz CT molecular complexity index is 519. The second-order valence-electron chi connectivity index (χ2n) is 3.16. The fraction of sp³-hybridized carbons (Fsp3) is 0.0909. The van der Waals surface area contributed by atoms with Gasteiger partial charge in [-0.3, -0.25) is 4.98 Å². The first-order chi connectivity index (χ1) is 8.19. The SMILES string of the molecule is ClCc1cnc(Oc2cc(Br)ccc2Cl)cn1. The van der Waals surface area contributed by atoms with Crippen molar-refractivity contribution < 1.29 is 4.74 Å². The molecule has 0 aliphatic heterocycles. The average Bonchev–Trinajstić information content (AvgIpc) is 2.35. The summed E-state index contributed by atoms with van der Waals surface area (Å²) in [6.45, 7) is 0. The number of nitrogens with zero attached hydrogens (tertiary/aromatic N) is 2. The third-order valence-electron chi connectivity index (χ3n) is 1.93. The van der Waals surface area contributed by atoms with Crippen molar-refractivity contribution in [3.05, 3.63) is 45.8 Å². The summed E-state index contributed by atoms with van der Waals surface area (Å²) >= 11 is 14.9. The van der Waals surface area contributed by atoms with Gasteiger partial charge in [0.1, 0.15) is 5.75 Å². The minimum Gasteiger partial charge on any atom is -0.436 e. The van der Waals surface area contributed by atoms with Crippen molar-refractivity contribution in [2.24, 2.45) is 0 Å². The number of ether oxygens (including phenoxy) is 1. The van der Waals surface area contributed by atoms with Gasteiger partial charge in [0.05, 0.1) is 29.0 Å². The maximum Gasteiger partial charge on any atom is 0.237 e. The predicted octanol–water partition coefficient (Wildman–Crippen LogP) is 4.42. The van der Waals surface area contributed by atoms with Gasteiger partial charge in [0.25, 0.3) is 0 Å². The quantitative estimate of drug-likeness (QED) is 0.780. The van der Waals surface area contributed by atoms with Gasteiger partial charge in [-0.05, 0) is 18.2 Å². The number of aromatic nitrogens is 2. The molecule has 1 aromatic carbocycles. The van der Waals surface area contributed by atoms with E-state index in [9.17, 15) is 0 Å². The Hall–Kier alpha value is -0.840. The van der Waals surface area contributed by atoms with E-state index in [1.54, 1.807) is 18.3 Å². The van der Waals surface area contributed by atoms with E-state index in [0.717, 1.165) is 4.47 Å². The van der Waals surface area contributed by atoms with E-state index in [2.05, 4.69) is 25.9 Å². The maximum atomic E-state index is 5.99. The average molecular weight is 334 g/mol. The molecule has 1 heterocycles. The van der Waals surface area contributed by atoms with Crippen LogP contribution in [0.4, 0.5) is 0 Å². The summed E-state index contributed by atoms with van der Waals surface area (Å²) in [6, 6.07) is 5.33. The summed E-state index contributed by atoms with van der Waals surface area (Å²) in [4.78, 5) is 8.14. The van der Waals surface area contributed by atoms with Crippen LogP contribution in [0.1, 0.15) is 5.69 Å². The molecular weight excluding hydrogens is 327 g/mol. The molecule has 0 bridgehead atoms. The van der Waals surface area contributed by atoms with Crippen molar-refractivity contribution in [1.82, 2.24) is 9.97 Å². The number of hydrogen-bond donors (Lipinski definition) is 0. The molecule has 0 fully saturated rings. The van der Waals surface area contributed by atoms with Gasteiger partial charge in [0.15, 0.2) is 0 Å². The summed E-state index contributed by atoms with van der Waals surface area (Å²) in [5.41, 5.74) is 0.694. The molecule has 0 N–H and O–H groups in total. The number of hydrogen-bond acceptors (Lipinski definition) is 3. The zero-order chi connectivity index (χ0) is 12.3. The van der Waals surface area contributed by atoms with Crippen LogP contribution in [-0.4, -0.2) is 9.97 Å². The third kappa shape index (κ3) is 3.31. The van der Waals surface area contributed by atoms with Crippen molar-refractivity contribution >= 4 is 39.1 Å². The molecule has 0 unspecified atom stereocenters. The first-order valence-corrected chi connectivity index (χ1v) is 6.39. The molecule has 17 heavy (non-hydrogen) atoms. The molecule has 3 nitrogen and oxygen atoms in total. The summed E-state index contributed by atoms with van der Waals surface area (Å²) in [5, 5.41) is 0.511. The monoisotopic (exact) mass is 332 g/mol. The minimum absolute atomic E-state index is 0.324. The van der Waals surface area contributed by atoms with Crippen LogP contribution in [-0.2, 0) is 5.88 Å². The molecule has 0 saturated heterocycles. The Morgan fingerprint density at radius 2 is 2.06 bits per heavy atom. The molecule has 0 amide bonds. The summed E-state index contributed by atoms with van der Waals surface area (Å²) in [5.74, 6) is 1.22. The molecule has 2 rings (SSSR count). The highest BCUT2D eigenvalue weighted by atomic mass is 79.9. The van der Waals surface area contributed by atoms with E-state index in [1.807, 2.05) is 6.07 Å². The molecular formula is C11H7BrCl2N2O. The third-order valence-corrected chi connectivity index (χ3v) is 3.01. The van der Waals surface area contributed by atoms with Crippen LogP contribution in [0.5, 0.6) is 11.6 Å². The van der Waals surface area contributed by atoms with Crippen LogP contribution in [0.15, 0.2) is 35.1 Å². The summed E-state index contributed by atoms with van der Waals surface area (Å²) in [7, 11) is 0. The number of rotatable bonds is 3. The Labute approximate surface area is 117 Å². The lowest BCUT2D eigenvalue weighted by Gasteiger charge is -2.06. The largest absolute Gasteiger partial charge is 0.436 e. The molecule has 2 aromatic rings. The van der Waals surface area contributed by atoms with Gasteiger partial charge in [-0.15, -0.1) is 11.6 Å². The molecule has 0 radical (unpaired) electrons. The van der Waals surface area contributed by atoms with E-state index in [-0.39, 0.29) is 0 Å². The van der Waals surface area contributed by atoms with Crippen molar-refractivity contribution in [2.45, 2.75) is 5.88 Å². The molecule has 0 spiro atoms. The Balaban J connectivity index is 2.22. The van der Waals surface area contributed by atoms with Crippen LogP contribution in [0.2, 0.25) is 5.02 Å². The van der Waals surface area contributed by atoms with Gasteiger partial charge >= 0.3 is 0 Å². The normalized spacial score (nSPS) is 10.3. The van der Waals surface area contributed by atoms with E-state index in [4.69, 9.17) is 27.9 Å². The van der Waals surface area contributed by atoms with Crippen molar-refractivity contribution in [2.75, 3.05) is 0 Å². The molecule has 88 valence electrons. The number of alkyl halides is 1. The first kappa shape index (κ1) is 12.6. The highest BCUT2D eigenvalue weighted by Crippen LogP contribution is 2.30. The maximum absolute atomic E-state index is 5.99. The summed E-state index contributed by atoms with van der Waals surface area (Å²) in [6.07, 6.45) is 3.07. The van der Waals surface area contributed by atoms with Gasteiger partial charge in [-0.1, -0.05) is 27.5 Å². The molecule has 0 atom stereocenters. The van der Waals surface area contributed by atoms with Crippen molar-refractivity contribution in [1.29, 1.82) is 0 Å². The van der Waals surface area contributed by atoms with Gasteiger partial charge in [-0.25, -0.2) is 4.98 Å². The molecule has 0 aliphatic rings. The van der Waals surface area contributed by atoms with E-state index < -0.39 is 0 Å². The van der Waals surface area contributed by atoms with E-state index >= 15 is 0 Å². The highest BCUT2D eigenvalue weighted by molar-refractivity contribution is 9.10. The lowest BCUT2D eigenvalue weighted by atomic mass is 10.3. The van der Waals surface area contributed by atoms with Gasteiger partial charge in [0, 0.05) is 4.47 Å². The fourth-order valence-corrected chi connectivity index (χ4v) is 1.77. The molecule has 0 saturated carbocycles. The second kappa shape index (κ2) is 5.67. The summed E-state index contributed by atoms with van der Waals surface area (Å²) < 4.78 is 6.39. The topological polar surface area (TPSA) is 35.0 Å². The lowest BCUT2D eigenvalue weighted by molar-refractivity contribution is 0.459. The van der Waals surface area contributed by atoms with Crippen LogP contribution in [0, 0.1) is 0 Å².